The number of hydrazone groups is 1. The summed E-state index contributed by atoms with van der Waals surface area (Å²) < 4.78 is 0. The maximum absolute atomic E-state index is 9.65. The lowest BCUT2D eigenvalue weighted by atomic mass is 10.2. The lowest BCUT2D eigenvalue weighted by Gasteiger charge is -1.99. The number of nitrogens with zero attached hydrogens (tertiary/aromatic N) is 2. The average Bonchev–Trinajstić information content (AvgIpc) is 2.85. The zero-order valence-corrected chi connectivity index (χ0v) is 11.1. The van der Waals surface area contributed by atoms with E-state index in [2.05, 4.69) is 20.5 Å². The molecule has 5 nitrogen and oxygen atoms in total. The van der Waals surface area contributed by atoms with E-state index in [1.54, 1.807) is 12.1 Å². The molecule has 0 amide bonds. The highest BCUT2D eigenvalue weighted by Gasteiger charge is 2.01. The van der Waals surface area contributed by atoms with Crippen molar-refractivity contribution in [3.05, 3.63) is 53.1 Å². The summed E-state index contributed by atoms with van der Waals surface area (Å²) >= 11 is 5.85. The fourth-order valence-electron chi connectivity index (χ4n) is 1.80. The Hall–Kier alpha value is -2.53. The summed E-state index contributed by atoms with van der Waals surface area (Å²) in [5.74, 6) is 0.647. The monoisotopic (exact) mass is 286 g/mol. The molecule has 0 aliphatic heterocycles. The van der Waals surface area contributed by atoms with Gasteiger partial charge in [0, 0.05) is 10.6 Å². The summed E-state index contributed by atoms with van der Waals surface area (Å²) in [4.78, 5) is 7.40. The Kier molecular flexibility index (Phi) is 3.26. The van der Waals surface area contributed by atoms with Crippen molar-refractivity contribution in [2.75, 3.05) is 5.43 Å². The van der Waals surface area contributed by atoms with Crippen LogP contribution in [-0.2, 0) is 0 Å². The van der Waals surface area contributed by atoms with E-state index < -0.39 is 0 Å². The zero-order valence-electron chi connectivity index (χ0n) is 10.3. The molecule has 0 unspecified atom stereocenters. The molecule has 0 spiro atoms. The Morgan fingerprint density at radius 2 is 2.10 bits per heavy atom. The Morgan fingerprint density at radius 1 is 1.25 bits per heavy atom. The van der Waals surface area contributed by atoms with E-state index in [1.165, 1.54) is 12.3 Å². The molecule has 100 valence electrons. The number of H-pyrrole nitrogens is 1. The first kappa shape index (κ1) is 12.5. The first-order valence-electron chi connectivity index (χ1n) is 5.95. The van der Waals surface area contributed by atoms with Crippen LogP contribution in [0.4, 0.5) is 5.95 Å². The van der Waals surface area contributed by atoms with Gasteiger partial charge in [-0.25, -0.2) is 10.4 Å². The van der Waals surface area contributed by atoms with Crippen LogP contribution in [0.25, 0.3) is 11.0 Å². The fraction of sp³-hybridized carbons (Fsp3) is 0. The van der Waals surface area contributed by atoms with E-state index in [0.717, 1.165) is 11.0 Å². The van der Waals surface area contributed by atoms with E-state index in [9.17, 15) is 5.11 Å². The third kappa shape index (κ3) is 2.57. The van der Waals surface area contributed by atoms with Crippen LogP contribution in [0.5, 0.6) is 5.75 Å². The number of imidazole rings is 1. The van der Waals surface area contributed by atoms with Gasteiger partial charge in [-0.3, -0.25) is 0 Å². The Bertz CT molecular complexity index is 749. The van der Waals surface area contributed by atoms with Crippen molar-refractivity contribution in [3.8, 4) is 5.75 Å². The van der Waals surface area contributed by atoms with Gasteiger partial charge in [-0.2, -0.15) is 5.10 Å². The first-order valence-corrected chi connectivity index (χ1v) is 6.32. The second-order valence-electron chi connectivity index (χ2n) is 4.18. The number of hydrogen-bond donors (Lipinski definition) is 3. The fourth-order valence-corrected chi connectivity index (χ4v) is 1.98. The molecule has 20 heavy (non-hydrogen) atoms. The third-order valence-electron chi connectivity index (χ3n) is 2.75. The van der Waals surface area contributed by atoms with Gasteiger partial charge in [-0.1, -0.05) is 23.7 Å². The highest BCUT2D eigenvalue weighted by Crippen LogP contribution is 2.19. The number of aromatic amines is 1. The van der Waals surface area contributed by atoms with Crippen LogP contribution in [0.15, 0.2) is 47.6 Å². The van der Waals surface area contributed by atoms with Crippen molar-refractivity contribution in [3.63, 3.8) is 0 Å². The van der Waals surface area contributed by atoms with Crippen LogP contribution in [0.3, 0.4) is 0 Å². The van der Waals surface area contributed by atoms with Crippen LogP contribution in [-0.4, -0.2) is 21.3 Å². The van der Waals surface area contributed by atoms with Gasteiger partial charge in [-0.15, -0.1) is 0 Å². The minimum absolute atomic E-state index is 0.115. The number of benzene rings is 2. The quantitative estimate of drug-likeness (QED) is 0.510. The molecule has 0 atom stereocenters. The van der Waals surface area contributed by atoms with Gasteiger partial charge in [0.25, 0.3) is 0 Å². The number of anilines is 1. The molecule has 1 aromatic heterocycles. The standard InChI is InChI=1S/C14H11ClN4O/c15-10-5-6-13(20)9(7-10)8-16-19-14-17-11-3-1-2-4-12(11)18-14/h1-8,20H,(H2,17,18,19). The summed E-state index contributed by atoms with van der Waals surface area (Å²) in [6.45, 7) is 0. The lowest BCUT2D eigenvalue weighted by Crippen LogP contribution is -1.92. The first-order chi connectivity index (χ1) is 9.72. The van der Waals surface area contributed by atoms with Gasteiger partial charge < -0.3 is 10.1 Å². The second kappa shape index (κ2) is 5.22. The maximum atomic E-state index is 9.65. The Labute approximate surface area is 119 Å². The SMILES string of the molecule is Oc1ccc(Cl)cc1C=NNc1nc2ccccc2[nH]1. The van der Waals surface area contributed by atoms with Crippen molar-refractivity contribution in [2.45, 2.75) is 0 Å². The summed E-state index contributed by atoms with van der Waals surface area (Å²) in [6, 6.07) is 12.4. The number of aromatic hydroxyl groups is 1. The van der Waals surface area contributed by atoms with E-state index in [0.29, 0.717) is 16.5 Å². The number of para-hydroxylation sites is 2. The summed E-state index contributed by atoms with van der Waals surface area (Å²) in [7, 11) is 0. The predicted octanol–water partition coefficient (Wildman–Crippen LogP) is 3.37. The number of halogens is 1. The number of hydrogen-bond acceptors (Lipinski definition) is 4. The van der Waals surface area contributed by atoms with E-state index in [-0.39, 0.29) is 5.75 Å². The largest absolute Gasteiger partial charge is 0.507 e. The van der Waals surface area contributed by atoms with Crippen molar-refractivity contribution < 1.29 is 5.11 Å². The van der Waals surface area contributed by atoms with Crippen molar-refractivity contribution in [2.24, 2.45) is 5.10 Å². The van der Waals surface area contributed by atoms with Crippen LogP contribution in [0.1, 0.15) is 5.56 Å². The molecule has 3 aromatic rings. The van der Waals surface area contributed by atoms with Crippen LogP contribution >= 0.6 is 11.6 Å². The van der Waals surface area contributed by atoms with Crippen LogP contribution in [0.2, 0.25) is 5.02 Å². The predicted molar refractivity (Wildman–Crippen MR) is 80.4 cm³/mol. The van der Waals surface area contributed by atoms with Gasteiger partial charge in [-0.05, 0) is 30.3 Å². The van der Waals surface area contributed by atoms with Crippen molar-refractivity contribution >= 4 is 34.8 Å². The molecule has 0 radical (unpaired) electrons. The average molecular weight is 287 g/mol. The van der Waals surface area contributed by atoms with Crippen LogP contribution < -0.4 is 5.43 Å². The van der Waals surface area contributed by atoms with E-state index >= 15 is 0 Å². The molecule has 3 rings (SSSR count). The van der Waals surface area contributed by atoms with Crippen molar-refractivity contribution in [1.29, 1.82) is 0 Å². The molecule has 0 saturated heterocycles. The molecular formula is C14H11ClN4O. The summed E-state index contributed by atoms with van der Waals surface area (Å²) in [6.07, 6.45) is 1.48. The Balaban J connectivity index is 1.78. The molecule has 0 bridgehead atoms. The smallest absolute Gasteiger partial charge is 0.222 e. The topological polar surface area (TPSA) is 73.3 Å². The number of rotatable bonds is 3. The zero-order chi connectivity index (χ0) is 13.9. The number of phenolic OH excluding ortho intramolecular Hbond substituents is 1. The molecule has 6 heteroatoms. The lowest BCUT2D eigenvalue weighted by molar-refractivity contribution is 0.474. The second-order valence-corrected chi connectivity index (χ2v) is 4.61. The molecule has 1 heterocycles. The molecule has 0 aliphatic rings. The van der Waals surface area contributed by atoms with E-state index in [1.807, 2.05) is 24.3 Å². The highest BCUT2D eigenvalue weighted by atomic mass is 35.5. The molecule has 0 aliphatic carbocycles. The van der Waals surface area contributed by atoms with Crippen LogP contribution in [0, 0.1) is 0 Å². The molecule has 0 fully saturated rings. The summed E-state index contributed by atoms with van der Waals surface area (Å²) in [5, 5.41) is 14.2. The minimum Gasteiger partial charge on any atom is -0.507 e. The highest BCUT2D eigenvalue weighted by molar-refractivity contribution is 6.30. The number of aromatic nitrogens is 2. The van der Waals surface area contributed by atoms with Gasteiger partial charge >= 0.3 is 0 Å². The van der Waals surface area contributed by atoms with Gasteiger partial charge in [0.15, 0.2) is 0 Å². The molecule has 2 aromatic carbocycles. The maximum Gasteiger partial charge on any atom is 0.222 e. The summed E-state index contributed by atoms with van der Waals surface area (Å²) in [5.41, 5.74) is 5.09. The Morgan fingerprint density at radius 3 is 2.95 bits per heavy atom. The number of phenols is 1. The molecule has 0 saturated carbocycles. The minimum atomic E-state index is 0.115. The molecular weight excluding hydrogens is 276 g/mol. The molecule has 3 N–H and O–H groups in total. The normalized spacial score (nSPS) is 11.2. The van der Waals surface area contributed by atoms with Crippen molar-refractivity contribution in [1.82, 2.24) is 9.97 Å². The number of fused-ring (bicyclic) bond motifs is 1. The van der Waals surface area contributed by atoms with Gasteiger partial charge in [0.2, 0.25) is 5.95 Å². The number of nitrogens with one attached hydrogen (secondary N) is 2. The van der Waals surface area contributed by atoms with Gasteiger partial charge in [0.05, 0.1) is 17.2 Å². The third-order valence-corrected chi connectivity index (χ3v) is 2.99. The van der Waals surface area contributed by atoms with E-state index in [4.69, 9.17) is 11.6 Å². The van der Waals surface area contributed by atoms with Gasteiger partial charge in [0.1, 0.15) is 5.75 Å².